The molecule has 0 heterocycles. The van der Waals surface area contributed by atoms with Gasteiger partial charge in [0.2, 0.25) is 0 Å². The molecule has 1 nitrogen and oxygen atoms in total. The molecule has 2 rings (SSSR count). The van der Waals surface area contributed by atoms with Crippen molar-refractivity contribution in [1.82, 2.24) is 0 Å². The minimum atomic E-state index is -0.253. The number of aryl methyl sites for hydroxylation is 1. The largest absolute Gasteiger partial charge is 0.388 e. The Kier molecular flexibility index (Phi) is 4.22. The minimum Gasteiger partial charge on any atom is -0.388 e. The molecule has 1 aromatic rings. The van der Waals surface area contributed by atoms with E-state index in [2.05, 4.69) is 38.1 Å². The maximum absolute atomic E-state index is 10.4. The van der Waals surface area contributed by atoms with E-state index in [4.69, 9.17) is 0 Å². The van der Waals surface area contributed by atoms with Crippen LogP contribution in [0.5, 0.6) is 0 Å². The molecule has 0 amide bonds. The van der Waals surface area contributed by atoms with Gasteiger partial charge in [-0.1, -0.05) is 51.0 Å². The van der Waals surface area contributed by atoms with E-state index in [0.717, 1.165) is 17.9 Å². The van der Waals surface area contributed by atoms with Crippen LogP contribution >= 0.6 is 0 Å². The number of aliphatic hydroxyl groups excluding tert-OH is 1. The van der Waals surface area contributed by atoms with Crippen LogP contribution < -0.4 is 0 Å². The van der Waals surface area contributed by atoms with E-state index in [-0.39, 0.29) is 6.10 Å². The lowest BCUT2D eigenvalue weighted by molar-refractivity contribution is 0.109. The van der Waals surface area contributed by atoms with Crippen molar-refractivity contribution in [1.29, 1.82) is 0 Å². The van der Waals surface area contributed by atoms with Gasteiger partial charge >= 0.3 is 0 Å². The van der Waals surface area contributed by atoms with Crippen LogP contribution in [-0.2, 0) is 6.42 Å². The third-order valence-electron chi connectivity index (χ3n) is 4.01. The maximum atomic E-state index is 10.4. The van der Waals surface area contributed by atoms with Gasteiger partial charge in [-0.2, -0.15) is 0 Å². The van der Waals surface area contributed by atoms with Gasteiger partial charge in [0.15, 0.2) is 0 Å². The summed E-state index contributed by atoms with van der Waals surface area (Å²) in [6.45, 7) is 4.49. The molecule has 0 bridgehead atoms. The van der Waals surface area contributed by atoms with Crippen molar-refractivity contribution in [3.8, 4) is 0 Å². The molecule has 1 aromatic carbocycles. The molecular weight excluding hydrogens is 208 g/mol. The Morgan fingerprint density at radius 2 is 2.18 bits per heavy atom. The van der Waals surface area contributed by atoms with Gasteiger partial charge < -0.3 is 5.11 Å². The second-order valence-electron chi connectivity index (χ2n) is 5.62. The predicted molar refractivity (Wildman–Crippen MR) is 71.9 cm³/mol. The van der Waals surface area contributed by atoms with Crippen LogP contribution in [0.3, 0.4) is 0 Å². The third-order valence-corrected chi connectivity index (χ3v) is 4.01. The van der Waals surface area contributed by atoms with Gasteiger partial charge in [0.1, 0.15) is 0 Å². The smallest absolute Gasteiger partial charge is 0.0818 e. The lowest BCUT2D eigenvalue weighted by Crippen LogP contribution is -2.09. The number of hydrogen-bond donors (Lipinski definition) is 1. The van der Waals surface area contributed by atoms with E-state index in [0.29, 0.717) is 5.92 Å². The minimum absolute atomic E-state index is 0.253. The first-order valence-corrected chi connectivity index (χ1v) is 6.97. The van der Waals surface area contributed by atoms with E-state index in [9.17, 15) is 5.11 Å². The molecule has 17 heavy (non-hydrogen) atoms. The van der Waals surface area contributed by atoms with Crippen molar-refractivity contribution in [2.45, 2.75) is 52.1 Å². The Morgan fingerprint density at radius 1 is 1.35 bits per heavy atom. The molecule has 0 aliphatic heterocycles. The fourth-order valence-corrected chi connectivity index (χ4v) is 3.03. The summed E-state index contributed by atoms with van der Waals surface area (Å²) in [6, 6.07) is 8.52. The topological polar surface area (TPSA) is 20.2 Å². The molecule has 0 spiro atoms. The fourth-order valence-electron chi connectivity index (χ4n) is 3.03. The maximum Gasteiger partial charge on any atom is 0.0818 e. The Hall–Kier alpha value is -0.820. The summed E-state index contributed by atoms with van der Waals surface area (Å²) in [5, 5.41) is 10.4. The van der Waals surface area contributed by atoms with Crippen molar-refractivity contribution in [3.05, 3.63) is 35.4 Å². The second kappa shape index (κ2) is 5.68. The van der Waals surface area contributed by atoms with Crippen LogP contribution in [0.4, 0.5) is 0 Å². The van der Waals surface area contributed by atoms with E-state index >= 15 is 0 Å². The third kappa shape index (κ3) is 3.10. The summed E-state index contributed by atoms with van der Waals surface area (Å²) in [6.07, 6.45) is 5.66. The SMILES string of the molecule is CCCc1cccc(C(O)C2CCC(C)C2)c1. The monoisotopic (exact) mass is 232 g/mol. The second-order valence-corrected chi connectivity index (χ2v) is 5.62. The molecule has 0 saturated heterocycles. The first-order chi connectivity index (χ1) is 8.20. The van der Waals surface area contributed by atoms with Crippen molar-refractivity contribution in [2.75, 3.05) is 0 Å². The molecule has 94 valence electrons. The van der Waals surface area contributed by atoms with Crippen LogP contribution in [0.2, 0.25) is 0 Å². The van der Waals surface area contributed by atoms with Crippen LogP contribution in [0.25, 0.3) is 0 Å². The molecule has 1 aliphatic rings. The van der Waals surface area contributed by atoms with Gasteiger partial charge in [-0.15, -0.1) is 0 Å². The summed E-state index contributed by atoms with van der Waals surface area (Å²) in [4.78, 5) is 0. The van der Waals surface area contributed by atoms with Gasteiger partial charge in [-0.3, -0.25) is 0 Å². The lowest BCUT2D eigenvalue weighted by Gasteiger charge is -2.19. The van der Waals surface area contributed by atoms with Crippen molar-refractivity contribution >= 4 is 0 Å². The van der Waals surface area contributed by atoms with E-state index in [1.807, 2.05) is 0 Å². The molecule has 1 fully saturated rings. The van der Waals surface area contributed by atoms with E-state index in [1.165, 1.54) is 31.2 Å². The molecule has 3 unspecified atom stereocenters. The van der Waals surface area contributed by atoms with Crippen molar-refractivity contribution < 1.29 is 5.11 Å². The van der Waals surface area contributed by atoms with Crippen molar-refractivity contribution in [2.24, 2.45) is 11.8 Å². The Morgan fingerprint density at radius 3 is 2.82 bits per heavy atom. The number of aliphatic hydroxyl groups is 1. The lowest BCUT2D eigenvalue weighted by atomic mass is 9.92. The first-order valence-electron chi connectivity index (χ1n) is 6.97. The highest BCUT2D eigenvalue weighted by molar-refractivity contribution is 5.25. The zero-order valence-electron chi connectivity index (χ0n) is 11.0. The number of benzene rings is 1. The zero-order chi connectivity index (χ0) is 12.3. The Bertz CT molecular complexity index is 358. The predicted octanol–water partition coefficient (Wildman–Crippen LogP) is 4.11. The van der Waals surface area contributed by atoms with Crippen molar-refractivity contribution in [3.63, 3.8) is 0 Å². The molecule has 3 atom stereocenters. The molecule has 1 N–H and O–H groups in total. The summed E-state index contributed by atoms with van der Waals surface area (Å²) < 4.78 is 0. The van der Waals surface area contributed by atoms with Crippen LogP contribution in [-0.4, -0.2) is 5.11 Å². The van der Waals surface area contributed by atoms with Crippen LogP contribution in [0, 0.1) is 11.8 Å². The van der Waals surface area contributed by atoms with E-state index < -0.39 is 0 Å². The average molecular weight is 232 g/mol. The summed E-state index contributed by atoms with van der Waals surface area (Å²) in [7, 11) is 0. The quantitative estimate of drug-likeness (QED) is 0.828. The Labute approximate surface area is 105 Å². The normalized spacial score (nSPS) is 26.1. The molecule has 0 aromatic heterocycles. The molecular formula is C16H24O. The number of hydrogen-bond acceptors (Lipinski definition) is 1. The van der Waals surface area contributed by atoms with Gasteiger partial charge in [0.05, 0.1) is 6.10 Å². The molecule has 1 heteroatoms. The highest BCUT2D eigenvalue weighted by atomic mass is 16.3. The Balaban J connectivity index is 2.07. The average Bonchev–Trinajstić information content (AvgIpc) is 2.76. The summed E-state index contributed by atoms with van der Waals surface area (Å²) >= 11 is 0. The summed E-state index contributed by atoms with van der Waals surface area (Å²) in [5.41, 5.74) is 2.48. The standard InChI is InChI=1S/C16H24O/c1-3-5-13-6-4-7-14(11-13)16(17)15-9-8-12(2)10-15/h4,6-7,11-12,15-17H,3,5,8-10H2,1-2H3. The molecule has 0 radical (unpaired) electrons. The highest BCUT2D eigenvalue weighted by Crippen LogP contribution is 2.38. The van der Waals surface area contributed by atoms with Crippen LogP contribution in [0.15, 0.2) is 24.3 Å². The van der Waals surface area contributed by atoms with Gasteiger partial charge in [0, 0.05) is 0 Å². The van der Waals surface area contributed by atoms with E-state index in [1.54, 1.807) is 0 Å². The molecule has 1 aliphatic carbocycles. The summed E-state index contributed by atoms with van der Waals surface area (Å²) in [5.74, 6) is 1.26. The van der Waals surface area contributed by atoms with Gasteiger partial charge in [0.25, 0.3) is 0 Å². The fraction of sp³-hybridized carbons (Fsp3) is 0.625. The van der Waals surface area contributed by atoms with Gasteiger partial charge in [-0.25, -0.2) is 0 Å². The highest BCUT2D eigenvalue weighted by Gasteiger charge is 2.28. The zero-order valence-corrected chi connectivity index (χ0v) is 11.0. The van der Waals surface area contributed by atoms with Crippen LogP contribution in [0.1, 0.15) is 56.8 Å². The molecule has 1 saturated carbocycles. The van der Waals surface area contributed by atoms with Gasteiger partial charge in [-0.05, 0) is 42.2 Å². The first kappa shape index (κ1) is 12.6. The number of rotatable bonds is 4.